The van der Waals surface area contributed by atoms with Gasteiger partial charge in [-0.15, -0.1) is 0 Å². The molecular weight excluding hydrogens is 506 g/mol. The van der Waals surface area contributed by atoms with Crippen molar-refractivity contribution in [3.63, 3.8) is 0 Å². The largest absolute Gasteiger partial charge is 0.462 e. The summed E-state index contributed by atoms with van der Waals surface area (Å²) in [5, 5.41) is 0. The van der Waals surface area contributed by atoms with Crippen molar-refractivity contribution in [2.24, 2.45) is 11.8 Å². The van der Waals surface area contributed by atoms with Crippen molar-refractivity contribution in [1.82, 2.24) is 0 Å². The summed E-state index contributed by atoms with van der Waals surface area (Å²) in [6, 6.07) is 22.8. The number of carbonyl (C=O) groups is 3. The average Bonchev–Trinajstić information content (AvgIpc) is 3.16. The molecule has 2 atom stereocenters. The minimum absolute atomic E-state index is 0.180. The van der Waals surface area contributed by atoms with Crippen LogP contribution in [0.2, 0.25) is 0 Å². The number of benzene rings is 3. The van der Waals surface area contributed by atoms with Gasteiger partial charge in [0.05, 0.1) is 34.0 Å². The van der Waals surface area contributed by atoms with Crippen LogP contribution in [0.15, 0.2) is 72.8 Å². The lowest BCUT2D eigenvalue weighted by atomic mass is 9.55. The van der Waals surface area contributed by atoms with E-state index in [0.29, 0.717) is 17.9 Å². The van der Waals surface area contributed by atoms with Crippen LogP contribution in [-0.4, -0.2) is 24.4 Å². The molecule has 3 aromatic carbocycles. The average molecular weight is 530 g/mol. The first-order valence-electron chi connectivity index (χ1n) is 12.0. The van der Waals surface area contributed by atoms with Gasteiger partial charge in [0.15, 0.2) is 0 Å². The summed E-state index contributed by atoms with van der Waals surface area (Å²) in [5.74, 6) is -2.05. The van der Waals surface area contributed by atoms with Gasteiger partial charge in [0.25, 0.3) is 0 Å². The fourth-order valence-corrected chi connectivity index (χ4v) is 7.28. The van der Waals surface area contributed by atoms with E-state index in [1.54, 1.807) is 24.3 Å². The van der Waals surface area contributed by atoms with Crippen LogP contribution < -0.4 is 4.90 Å². The highest BCUT2D eigenvalue weighted by molar-refractivity contribution is 9.09. The zero-order valence-electron chi connectivity index (χ0n) is 19.2. The molecule has 0 unspecified atom stereocenters. The number of imide groups is 1. The van der Waals surface area contributed by atoms with Crippen LogP contribution in [-0.2, 0) is 18.7 Å². The Morgan fingerprint density at radius 3 is 2.11 bits per heavy atom. The van der Waals surface area contributed by atoms with Crippen LogP contribution in [0.5, 0.6) is 0 Å². The van der Waals surface area contributed by atoms with Crippen LogP contribution >= 0.6 is 15.9 Å². The number of anilines is 1. The van der Waals surface area contributed by atoms with E-state index in [2.05, 4.69) is 40.2 Å². The lowest BCUT2D eigenvalue weighted by Crippen LogP contribution is -2.50. The number of hydrogen-bond donors (Lipinski definition) is 0. The molecule has 3 aliphatic carbocycles. The van der Waals surface area contributed by atoms with Gasteiger partial charge >= 0.3 is 5.97 Å². The van der Waals surface area contributed by atoms with E-state index in [9.17, 15) is 14.4 Å². The van der Waals surface area contributed by atoms with Gasteiger partial charge in [-0.05, 0) is 52.9 Å². The number of esters is 1. The Kier molecular flexibility index (Phi) is 5.18. The van der Waals surface area contributed by atoms with Crippen molar-refractivity contribution in [3.8, 4) is 0 Å². The zero-order valence-corrected chi connectivity index (χ0v) is 20.8. The molecule has 1 saturated heterocycles. The van der Waals surface area contributed by atoms with Gasteiger partial charge in [-0.3, -0.25) is 9.59 Å². The number of rotatable bonds is 5. The normalized spacial score (nSPS) is 25.8. The molecule has 1 aliphatic heterocycles. The number of carbonyl (C=O) groups excluding carboxylic acids is 3. The Morgan fingerprint density at radius 1 is 0.914 bits per heavy atom. The first-order chi connectivity index (χ1) is 17.0. The second-order valence-electron chi connectivity index (χ2n) is 9.42. The molecule has 0 aromatic heterocycles. The maximum absolute atomic E-state index is 13.9. The first kappa shape index (κ1) is 22.2. The molecule has 5 nitrogen and oxygen atoms in total. The number of ether oxygens (including phenoxy) is 1. The van der Waals surface area contributed by atoms with Crippen molar-refractivity contribution in [3.05, 3.63) is 101 Å². The molecule has 176 valence electrons. The highest BCUT2D eigenvalue weighted by atomic mass is 79.9. The van der Waals surface area contributed by atoms with E-state index < -0.39 is 22.1 Å². The summed E-state index contributed by atoms with van der Waals surface area (Å²) in [6.45, 7) is 2.41. The van der Waals surface area contributed by atoms with Crippen LogP contribution in [0.4, 0.5) is 5.69 Å². The summed E-state index contributed by atoms with van der Waals surface area (Å²) in [6.07, 6.45) is 1.75. The third kappa shape index (κ3) is 3.02. The predicted molar refractivity (Wildman–Crippen MR) is 136 cm³/mol. The molecule has 0 saturated carbocycles. The molecule has 6 heteroatoms. The van der Waals surface area contributed by atoms with E-state index in [0.717, 1.165) is 35.1 Å². The second kappa shape index (κ2) is 8.16. The quantitative estimate of drug-likeness (QED) is 0.188. The SMILES string of the molecule is CCCCOC(=O)c1ccc(N2C(=O)[C@H]3C4c5ccccc5C(Br)(c5ccccc54)[C@H]3C2=O)cc1. The minimum atomic E-state index is -0.774. The minimum Gasteiger partial charge on any atom is -0.462 e. The Bertz CT molecular complexity index is 1320. The fraction of sp³-hybridized carbons (Fsp3) is 0.276. The number of amides is 2. The summed E-state index contributed by atoms with van der Waals surface area (Å²) in [4.78, 5) is 41.4. The third-order valence-electron chi connectivity index (χ3n) is 7.61. The topological polar surface area (TPSA) is 63.7 Å². The van der Waals surface area contributed by atoms with Gasteiger partial charge in [-0.2, -0.15) is 0 Å². The Morgan fingerprint density at radius 2 is 1.51 bits per heavy atom. The van der Waals surface area contributed by atoms with Gasteiger partial charge in [0.1, 0.15) is 0 Å². The number of hydrogen-bond acceptors (Lipinski definition) is 4. The third-order valence-corrected chi connectivity index (χ3v) is 8.95. The molecule has 0 N–H and O–H groups in total. The van der Waals surface area contributed by atoms with Gasteiger partial charge in [-0.25, -0.2) is 9.69 Å². The first-order valence-corrected chi connectivity index (χ1v) is 12.8. The van der Waals surface area contributed by atoms with E-state index in [1.165, 1.54) is 4.90 Å². The molecule has 7 rings (SSSR count). The van der Waals surface area contributed by atoms with Crippen LogP contribution in [0.3, 0.4) is 0 Å². The molecule has 1 fully saturated rings. The van der Waals surface area contributed by atoms with Gasteiger partial charge < -0.3 is 4.74 Å². The number of unbranched alkanes of at least 4 members (excludes halogenated alkanes) is 1. The van der Waals surface area contributed by atoms with Crippen molar-refractivity contribution in [1.29, 1.82) is 0 Å². The Labute approximate surface area is 212 Å². The van der Waals surface area contributed by atoms with Crippen molar-refractivity contribution in [2.45, 2.75) is 30.0 Å². The molecule has 1 heterocycles. The lowest BCUT2D eigenvalue weighted by Gasteiger charge is -2.51. The van der Waals surface area contributed by atoms with Crippen molar-refractivity contribution < 1.29 is 19.1 Å². The van der Waals surface area contributed by atoms with E-state index in [-0.39, 0.29) is 17.7 Å². The van der Waals surface area contributed by atoms with Crippen LogP contribution in [0.25, 0.3) is 0 Å². The van der Waals surface area contributed by atoms with Crippen molar-refractivity contribution >= 4 is 39.4 Å². The number of nitrogens with zero attached hydrogens (tertiary/aromatic N) is 1. The Hall–Kier alpha value is -3.25. The number of alkyl halides is 1. The summed E-state index contributed by atoms with van der Waals surface area (Å²) >= 11 is 4.00. The fourth-order valence-electron chi connectivity index (χ4n) is 6.07. The predicted octanol–water partition coefficient (Wildman–Crippen LogP) is 5.55. The van der Waals surface area contributed by atoms with Crippen molar-refractivity contribution in [2.75, 3.05) is 11.5 Å². The molecule has 0 radical (unpaired) electrons. The zero-order chi connectivity index (χ0) is 24.3. The van der Waals surface area contributed by atoms with E-state index in [4.69, 9.17) is 4.74 Å². The highest BCUT2D eigenvalue weighted by Gasteiger charge is 2.67. The van der Waals surface area contributed by atoms with E-state index in [1.807, 2.05) is 31.2 Å². The molecule has 2 bridgehead atoms. The molecule has 0 spiro atoms. The second-order valence-corrected chi connectivity index (χ2v) is 10.7. The number of halogens is 1. The van der Waals surface area contributed by atoms with Crippen LogP contribution in [0, 0.1) is 11.8 Å². The lowest BCUT2D eigenvalue weighted by molar-refractivity contribution is -0.122. The smallest absolute Gasteiger partial charge is 0.338 e. The molecule has 4 aliphatic rings. The van der Waals surface area contributed by atoms with Gasteiger partial charge in [-0.1, -0.05) is 77.8 Å². The maximum atomic E-state index is 13.9. The van der Waals surface area contributed by atoms with Crippen LogP contribution in [0.1, 0.15) is 58.3 Å². The molecule has 3 aromatic rings. The highest BCUT2D eigenvalue weighted by Crippen LogP contribution is 2.66. The Balaban J connectivity index is 1.39. The monoisotopic (exact) mass is 529 g/mol. The summed E-state index contributed by atoms with van der Waals surface area (Å²) in [7, 11) is 0. The molecular formula is C29H24BrNO4. The van der Waals surface area contributed by atoms with Gasteiger partial charge in [0.2, 0.25) is 11.8 Å². The maximum Gasteiger partial charge on any atom is 0.338 e. The van der Waals surface area contributed by atoms with E-state index >= 15 is 0 Å². The molecule has 2 amide bonds. The summed E-state index contributed by atoms with van der Waals surface area (Å²) in [5.41, 5.74) is 5.17. The molecule has 35 heavy (non-hydrogen) atoms. The summed E-state index contributed by atoms with van der Waals surface area (Å²) < 4.78 is 4.51. The standard InChI is InChI=1S/C29H24BrNO4/c1-2-3-16-35-28(34)17-12-14-18(15-13-17)31-26(32)24-23-19-8-4-6-10-21(19)29(30,25(24)27(31)33)22-11-7-5-9-20(22)23/h4-15,23-25H,2-3,16H2,1H3/t23?,24-,25+,29?/m0/s1. The van der Waals surface area contributed by atoms with Gasteiger partial charge in [0, 0.05) is 5.92 Å².